The minimum absolute atomic E-state index is 0.116. The van der Waals surface area contributed by atoms with Crippen LogP contribution in [0.4, 0.5) is 0 Å². The number of hydrogen-bond donors (Lipinski definition) is 2. The molecule has 16 heavy (non-hydrogen) atoms. The van der Waals surface area contributed by atoms with Crippen molar-refractivity contribution < 1.29 is 9.90 Å². The van der Waals surface area contributed by atoms with Gasteiger partial charge in [0.15, 0.2) is 0 Å². The van der Waals surface area contributed by atoms with Gasteiger partial charge in [-0.05, 0) is 24.0 Å². The molecule has 2 atom stereocenters. The average Bonchev–Trinajstić information content (AvgIpc) is 2.30. The predicted octanol–water partition coefficient (Wildman–Crippen LogP) is 1.86. The third-order valence-corrected chi connectivity index (χ3v) is 3.12. The summed E-state index contributed by atoms with van der Waals surface area (Å²) >= 11 is 0. The number of amides is 1. The smallest absolute Gasteiger partial charge is 0.211 e. The van der Waals surface area contributed by atoms with Crippen LogP contribution in [0.2, 0.25) is 0 Å². The maximum Gasteiger partial charge on any atom is 0.211 e. The van der Waals surface area contributed by atoms with Crippen LogP contribution in [0.15, 0.2) is 36.5 Å². The molecular formula is C13H15NO2. The lowest BCUT2D eigenvalue weighted by molar-refractivity contribution is -0.109. The number of rotatable bonds is 3. The summed E-state index contributed by atoms with van der Waals surface area (Å²) in [4.78, 5) is 10.4. The first-order valence-corrected chi connectivity index (χ1v) is 5.40. The van der Waals surface area contributed by atoms with Gasteiger partial charge >= 0.3 is 0 Å². The van der Waals surface area contributed by atoms with Crippen LogP contribution in [0, 0.1) is 0 Å². The Morgan fingerprint density at radius 2 is 2.06 bits per heavy atom. The Hall–Kier alpha value is -1.61. The molecule has 1 aromatic carbocycles. The van der Waals surface area contributed by atoms with Gasteiger partial charge in [-0.3, -0.25) is 4.79 Å². The van der Waals surface area contributed by atoms with Crippen molar-refractivity contribution in [2.24, 2.45) is 0 Å². The van der Waals surface area contributed by atoms with Gasteiger partial charge in [0.2, 0.25) is 6.41 Å². The van der Waals surface area contributed by atoms with E-state index >= 15 is 0 Å². The minimum atomic E-state index is -0.392. The number of benzene rings is 1. The standard InChI is InChI=1S/C13H15NO2/c1-9(14-8-15)10-6-7-13(16)12-5-3-2-4-11(10)12/h2-5,8,10,13,16H,1,6-7H2,(H,14,15). The first-order valence-electron chi connectivity index (χ1n) is 5.40. The van der Waals surface area contributed by atoms with Crippen LogP contribution < -0.4 is 5.32 Å². The zero-order valence-corrected chi connectivity index (χ0v) is 9.02. The van der Waals surface area contributed by atoms with Crippen LogP contribution in [-0.2, 0) is 4.79 Å². The van der Waals surface area contributed by atoms with Gasteiger partial charge in [0.25, 0.3) is 0 Å². The van der Waals surface area contributed by atoms with E-state index in [0.29, 0.717) is 18.5 Å². The maximum atomic E-state index is 10.4. The molecule has 0 heterocycles. The fourth-order valence-corrected chi connectivity index (χ4v) is 2.31. The number of aliphatic hydroxyl groups excluding tert-OH is 1. The molecule has 1 aliphatic carbocycles. The Labute approximate surface area is 94.8 Å². The van der Waals surface area contributed by atoms with E-state index in [-0.39, 0.29) is 5.92 Å². The monoisotopic (exact) mass is 217 g/mol. The van der Waals surface area contributed by atoms with Gasteiger partial charge in [0.1, 0.15) is 0 Å². The van der Waals surface area contributed by atoms with Crippen molar-refractivity contribution in [3.8, 4) is 0 Å². The molecule has 84 valence electrons. The molecule has 2 N–H and O–H groups in total. The van der Waals surface area contributed by atoms with Crippen LogP contribution in [0.5, 0.6) is 0 Å². The van der Waals surface area contributed by atoms with E-state index in [0.717, 1.165) is 17.5 Å². The second-order valence-corrected chi connectivity index (χ2v) is 4.06. The lowest BCUT2D eigenvalue weighted by Gasteiger charge is -2.29. The van der Waals surface area contributed by atoms with Crippen molar-refractivity contribution >= 4 is 6.41 Å². The highest BCUT2D eigenvalue weighted by atomic mass is 16.3. The summed E-state index contributed by atoms with van der Waals surface area (Å²) in [5.74, 6) is 0.116. The van der Waals surface area contributed by atoms with Gasteiger partial charge in [-0.15, -0.1) is 0 Å². The summed E-state index contributed by atoms with van der Waals surface area (Å²) in [7, 11) is 0. The van der Waals surface area contributed by atoms with Crippen LogP contribution in [0.1, 0.15) is 36.0 Å². The Morgan fingerprint density at radius 3 is 2.75 bits per heavy atom. The average molecular weight is 217 g/mol. The van der Waals surface area contributed by atoms with Gasteiger partial charge in [-0.25, -0.2) is 0 Å². The molecule has 0 radical (unpaired) electrons. The topological polar surface area (TPSA) is 49.3 Å². The number of hydrogen-bond acceptors (Lipinski definition) is 2. The van der Waals surface area contributed by atoms with Gasteiger partial charge in [0.05, 0.1) is 6.10 Å². The van der Waals surface area contributed by atoms with Crippen LogP contribution in [0.3, 0.4) is 0 Å². The molecule has 3 nitrogen and oxygen atoms in total. The molecule has 0 aromatic heterocycles. The van der Waals surface area contributed by atoms with Gasteiger partial charge in [-0.1, -0.05) is 30.8 Å². The third-order valence-electron chi connectivity index (χ3n) is 3.12. The van der Waals surface area contributed by atoms with Crippen molar-refractivity contribution in [3.05, 3.63) is 47.7 Å². The Morgan fingerprint density at radius 1 is 1.38 bits per heavy atom. The molecule has 3 heteroatoms. The highest BCUT2D eigenvalue weighted by Gasteiger charge is 2.26. The molecule has 0 aliphatic heterocycles. The van der Waals surface area contributed by atoms with Crippen molar-refractivity contribution in [1.29, 1.82) is 0 Å². The second kappa shape index (κ2) is 4.49. The van der Waals surface area contributed by atoms with E-state index in [1.807, 2.05) is 24.3 Å². The number of allylic oxidation sites excluding steroid dienone is 1. The highest BCUT2D eigenvalue weighted by Crippen LogP contribution is 2.39. The SMILES string of the molecule is C=C(NC=O)C1CCC(O)c2ccccc21. The molecule has 0 bridgehead atoms. The second-order valence-electron chi connectivity index (χ2n) is 4.06. The van der Waals surface area contributed by atoms with Crippen LogP contribution in [-0.4, -0.2) is 11.5 Å². The molecule has 0 saturated carbocycles. The quantitative estimate of drug-likeness (QED) is 0.759. The molecule has 0 spiro atoms. The molecule has 2 unspecified atom stereocenters. The van der Waals surface area contributed by atoms with E-state index in [4.69, 9.17) is 0 Å². The third kappa shape index (κ3) is 1.86. The van der Waals surface area contributed by atoms with E-state index in [9.17, 15) is 9.90 Å². The summed E-state index contributed by atoms with van der Waals surface area (Å²) in [6.07, 6.45) is 1.78. The van der Waals surface area contributed by atoms with Gasteiger partial charge < -0.3 is 10.4 Å². The Balaban J connectivity index is 2.34. The van der Waals surface area contributed by atoms with Gasteiger partial charge in [-0.2, -0.15) is 0 Å². The predicted molar refractivity (Wildman–Crippen MR) is 61.7 cm³/mol. The van der Waals surface area contributed by atoms with E-state index in [1.165, 1.54) is 0 Å². The lowest BCUT2D eigenvalue weighted by atomic mass is 9.80. The zero-order valence-electron chi connectivity index (χ0n) is 9.02. The summed E-state index contributed by atoms with van der Waals surface area (Å²) in [6.45, 7) is 3.87. The number of carbonyl (C=O) groups excluding carboxylic acids is 1. The van der Waals surface area contributed by atoms with Crippen LogP contribution >= 0.6 is 0 Å². The summed E-state index contributed by atoms with van der Waals surface area (Å²) < 4.78 is 0. The Kier molecular flexibility index (Phi) is 3.06. The fraction of sp³-hybridized carbons (Fsp3) is 0.308. The number of fused-ring (bicyclic) bond motifs is 1. The van der Waals surface area contributed by atoms with Gasteiger partial charge in [0, 0.05) is 11.6 Å². The van der Waals surface area contributed by atoms with Crippen LogP contribution in [0.25, 0.3) is 0 Å². The Bertz CT molecular complexity index is 414. The largest absolute Gasteiger partial charge is 0.388 e. The van der Waals surface area contributed by atoms with Crippen molar-refractivity contribution in [2.75, 3.05) is 0 Å². The molecule has 1 amide bonds. The maximum absolute atomic E-state index is 10.4. The molecule has 1 aromatic rings. The van der Waals surface area contributed by atoms with Crippen molar-refractivity contribution in [3.63, 3.8) is 0 Å². The van der Waals surface area contributed by atoms with Crippen molar-refractivity contribution in [2.45, 2.75) is 24.9 Å². The highest BCUT2D eigenvalue weighted by molar-refractivity contribution is 5.52. The lowest BCUT2D eigenvalue weighted by Crippen LogP contribution is -2.22. The normalized spacial score (nSPS) is 23.3. The summed E-state index contributed by atoms with van der Waals surface area (Å²) in [5, 5.41) is 12.5. The summed E-state index contributed by atoms with van der Waals surface area (Å²) in [6, 6.07) is 7.78. The van der Waals surface area contributed by atoms with E-state index in [2.05, 4.69) is 11.9 Å². The zero-order chi connectivity index (χ0) is 11.5. The number of aliphatic hydroxyl groups is 1. The summed E-state index contributed by atoms with van der Waals surface area (Å²) in [5.41, 5.74) is 2.72. The molecular weight excluding hydrogens is 202 g/mol. The molecule has 0 saturated heterocycles. The number of carbonyl (C=O) groups is 1. The van der Waals surface area contributed by atoms with Crippen molar-refractivity contribution in [1.82, 2.24) is 5.32 Å². The van der Waals surface area contributed by atoms with E-state index in [1.54, 1.807) is 0 Å². The first kappa shape index (κ1) is 10.9. The fourth-order valence-electron chi connectivity index (χ4n) is 2.31. The number of nitrogens with one attached hydrogen (secondary N) is 1. The molecule has 0 fully saturated rings. The first-order chi connectivity index (χ1) is 7.74. The van der Waals surface area contributed by atoms with E-state index < -0.39 is 6.10 Å². The molecule has 1 aliphatic rings. The molecule has 2 rings (SSSR count). The minimum Gasteiger partial charge on any atom is -0.388 e.